The van der Waals surface area contributed by atoms with Gasteiger partial charge in [-0.1, -0.05) is 0 Å². The Labute approximate surface area is 111 Å². The minimum Gasteiger partial charge on any atom is -0.464 e. The van der Waals surface area contributed by atoms with Crippen LogP contribution in [0.5, 0.6) is 0 Å². The normalized spacial score (nSPS) is 11.6. The highest BCUT2D eigenvalue weighted by atomic mass is 16.5. The van der Waals surface area contributed by atoms with Gasteiger partial charge in [0.1, 0.15) is 0 Å². The molecular formula is C12H18N4O3. The quantitative estimate of drug-likeness (QED) is 0.574. The molecule has 0 spiro atoms. The second-order valence-corrected chi connectivity index (χ2v) is 3.99. The number of carbonyl (C=O) groups excluding carboxylic acids is 2. The molecule has 0 bridgehead atoms. The zero-order valence-corrected chi connectivity index (χ0v) is 11.2. The average molecular weight is 266 g/mol. The van der Waals surface area contributed by atoms with Gasteiger partial charge in [0.25, 0.3) is 5.91 Å². The van der Waals surface area contributed by atoms with E-state index >= 15 is 0 Å². The number of nitrogens with zero attached hydrogens (tertiary/aromatic N) is 2. The van der Waals surface area contributed by atoms with Crippen LogP contribution in [0, 0.1) is 0 Å². The van der Waals surface area contributed by atoms with Crippen LogP contribution in [0.4, 0.5) is 11.5 Å². The van der Waals surface area contributed by atoms with Crippen molar-refractivity contribution in [3.05, 3.63) is 18.3 Å². The third-order valence-corrected chi connectivity index (χ3v) is 2.29. The first-order valence-corrected chi connectivity index (χ1v) is 5.82. The van der Waals surface area contributed by atoms with Crippen molar-refractivity contribution in [1.29, 1.82) is 0 Å². The molecule has 7 heteroatoms. The summed E-state index contributed by atoms with van der Waals surface area (Å²) >= 11 is 0. The van der Waals surface area contributed by atoms with E-state index in [1.54, 1.807) is 44.2 Å². The molecule has 0 aliphatic rings. The van der Waals surface area contributed by atoms with Crippen molar-refractivity contribution in [2.45, 2.75) is 13.0 Å². The second-order valence-electron chi connectivity index (χ2n) is 3.99. The molecule has 1 amide bonds. The van der Waals surface area contributed by atoms with Gasteiger partial charge in [-0.3, -0.25) is 4.79 Å². The van der Waals surface area contributed by atoms with Gasteiger partial charge in [0.2, 0.25) is 0 Å². The fourth-order valence-electron chi connectivity index (χ4n) is 1.40. The molecule has 1 rings (SSSR count). The predicted octanol–water partition coefficient (Wildman–Crippen LogP) is -0.0235. The van der Waals surface area contributed by atoms with Crippen molar-refractivity contribution < 1.29 is 14.3 Å². The molecule has 0 aliphatic carbocycles. The minimum atomic E-state index is -1.35. The number of rotatable bonds is 5. The molecule has 1 heterocycles. The van der Waals surface area contributed by atoms with Gasteiger partial charge in [-0.25, -0.2) is 9.78 Å². The Bertz CT molecular complexity index is 462. The number of nitrogens with one attached hydrogen (secondary N) is 1. The Morgan fingerprint density at radius 1 is 1.53 bits per heavy atom. The number of esters is 1. The third-order valence-electron chi connectivity index (χ3n) is 2.29. The number of hydrogen-bond donors (Lipinski definition) is 2. The first-order chi connectivity index (χ1) is 8.97. The topological polar surface area (TPSA) is 97.5 Å². The molecule has 1 aromatic heterocycles. The number of carbonyl (C=O) groups is 2. The van der Waals surface area contributed by atoms with E-state index in [4.69, 9.17) is 5.73 Å². The van der Waals surface area contributed by atoms with Gasteiger partial charge < -0.3 is 20.7 Å². The number of nitrogens with two attached hydrogens (primary N) is 1. The summed E-state index contributed by atoms with van der Waals surface area (Å²) in [5.41, 5.74) is 5.98. The Morgan fingerprint density at radius 2 is 2.21 bits per heavy atom. The van der Waals surface area contributed by atoms with Crippen molar-refractivity contribution >= 4 is 23.4 Å². The number of hydrogen-bond acceptors (Lipinski definition) is 6. The second kappa shape index (κ2) is 6.69. The SMILES string of the molecule is CCOC(=O)C(N)C(=O)Nc1cccnc1N(C)C. The Hall–Kier alpha value is -2.15. The Kier molecular flexibility index (Phi) is 5.25. The van der Waals surface area contributed by atoms with Gasteiger partial charge in [0, 0.05) is 20.3 Å². The molecule has 0 radical (unpaired) electrons. The van der Waals surface area contributed by atoms with Crippen LogP contribution in [0.1, 0.15) is 6.92 Å². The predicted molar refractivity (Wildman–Crippen MR) is 71.8 cm³/mol. The number of pyridine rings is 1. The summed E-state index contributed by atoms with van der Waals surface area (Å²) in [7, 11) is 3.59. The molecular weight excluding hydrogens is 248 g/mol. The van der Waals surface area contributed by atoms with E-state index in [0.29, 0.717) is 11.5 Å². The van der Waals surface area contributed by atoms with Crippen molar-refractivity contribution in [3.63, 3.8) is 0 Å². The van der Waals surface area contributed by atoms with Crippen LogP contribution in [-0.2, 0) is 14.3 Å². The van der Waals surface area contributed by atoms with Gasteiger partial charge in [-0.2, -0.15) is 0 Å². The van der Waals surface area contributed by atoms with E-state index in [1.165, 1.54) is 0 Å². The molecule has 3 N–H and O–H groups in total. The van der Waals surface area contributed by atoms with Gasteiger partial charge >= 0.3 is 5.97 Å². The summed E-state index contributed by atoms with van der Waals surface area (Å²) in [4.78, 5) is 29.0. The lowest BCUT2D eigenvalue weighted by molar-refractivity contribution is -0.146. The fourth-order valence-corrected chi connectivity index (χ4v) is 1.40. The molecule has 1 unspecified atom stereocenters. The van der Waals surface area contributed by atoms with Crippen LogP contribution in [0.15, 0.2) is 18.3 Å². The molecule has 0 aliphatic heterocycles. The maximum atomic E-state index is 11.8. The largest absolute Gasteiger partial charge is 0.464 e. The standard InChI is InChI=1S/C12H18N4O3/c1-4-19-12(18)9(13)11(17)15-8-6-5-7-14-10(8)16(2)3/h5-7,9H,4,13H2,1-3H3,(H,15,17). The van der Waals surface area contributed by atoms with Crippen LogP contribution < -0.4 is 16.0 Å². The highest BCUT2D eigenvalue weighted by molar-refractivity contribution is 6.09. The van der Waals surface area contributed by atoms with Crippen LogP contribution in [0.3, 0.4) is 0 Å². The summed E-state index contributed by atoms with van der Waals surface area (Å²) < 4.78 is 4.69. The smallest absolute Gasteiger partial charge is 0.332 e. The molecule has 7 nitrogen and oxygen atoms in total. The van der Waals surface area contributed by atoms with E-state index in [9.17, 15) is 9.59 Å². The summed E-state index contributed by atoms with van der Waals surface area (Å²) in [6.07, 6.45) is 1.61. The molecule has 104 valence electrons. The zero-order valence-electron chi connectivity index (χ0n) is 11.2. The number of anilines is 2. The molecule has 0 aromatic carbocycles. The molecule has 0 saturated heterocycles. The lowest BCUT2D eigenvalue weighted by atomic mass is 10.2. The number of aromatic nitrogens is 1. The fraction of sp³-hybridized carbons (Fsp3) is 0.417. The average Bonchev–Trinajstić information content (AvgIpc) is 2.38. The zero-order chi connectivity index (χ0) is 14.4. The number of amides is 1. The lowest BCUT2D eigenvalue weighted by Gasteiger charge is -2.17. The van der Waals surface area contributed by atoms with Crippen LogP contribution in [0.25, 0.3) is 0 Å². The van der Waals surface area contributed by atoms with E-state index < -0.39 is 17.9 Å². The highest BCUT2D eigenvalue weighted by Crippen LogP contribution is 2.20. The maximum absolute atomic E-state index is 11.8. The van der Waals surface area contributed by atoms with Gasteiger partial charge in [0.15, 0.2) is 11.9 Å². The first kappa shape index (κ1) is 14.9. The molecule has 19 heavy (non-hydrogen) atoms. The maximum Gasteiger partial charge on any atom is 0.332 e. The van der Waals surface area contributed by atoms with E-state index in [1.807, 2.05) is 0 Å². The Morgan fingerprint density at radius 3 is 2.79 bits per heavy atom. The van der Waals surface area contributed by atoms with Gasteiger partial charge in [-0.15, -0.1) is 0 Å². The lowest BCUT2D eigenvalue weighted by Crippen LogP contribution is -2.43. The third kappa shape index (κ3) is 3.92. The van der Waals surface area contributed by atoms with Crippen molar-refractivity contribution in [2.24, 2.45) is 5.73 Å². The summed E-state index contributed by atoms with van der Waals surface area (Å²) in [5.74, 6) is -0.809. The van der Waals surface area contributed by atoms with E-state index in [0.717, 1.165) is 0 Å². The van der Waals surface area contributed by atoms with Crippen molar-refractivity contribution in [2.75, 3.05) is 30.9 Å². The van der Waals surface area contributed by atoms with E-state index in [-0.39, 0.29) is 6.61 Å². The number of ether oxygens (including phenoxy) is 1. The molecule has 1 atom stereocenters. The molecule has 0 fully saturated rings. The van der Waals surface area contributed by atoms with Crippen LogP contribution >= 0.6 is 0 Å². The summed E-state index contributed by atoms with van der Waals surface area (Å²) in [6.45, 7) is 1.82. The van der Waals surface area contributed by atoms with Crippen molar-refractivity contribution in [3.8, 4) is 0 Å². The molecule has 0 saturated carbocycles. The highest BCUT2D eigenvalue weighted by Gasteiger charge is 2.24. The van der Waals surface area contributed by atoms with E-state index in [2.05, 4.69) is 15.0 Å². The molecule has 1 aromatic rings. The summed E-state index contributed by atoms with van der Waals surface area (Å²) in [6, 6.07) is 2.01. The minimum absolute atomic E-state index is 0.176. The van der Waals surface area contributed by atoms with Crippen LogP contribution in [0.2, 0.25) is 0 Å². The summed E-state index contributed by atoms with van der Waals surface area (Å²) in [5, 5.41) is 2.56. The van der Waals surface area contributed by atoms with Crippen LogP contribution in [-0.4, -0.2) is 43.6 Å². The van der Waals surface area contributed by atoms with Gasteiger partial charge in [0.05, 0.1) is 12.3 Å². The van der Waals surface area contributed by atoms with Gasteiger partial charge in [-0.05, 0) is 19.1 Å². The monoisotopic (exact) mass is 266 g/mol. The van der Waals surface area contributed by atoms with Crippen molar-refractivity contribution in [1.82, 2.24) is 4.98 Å². The first-order valence-electron chi connectivity index (χ1n) is 5.82. The Balaban J connectivity index is 2.80.